The smallest absolute Gasteiger partial charge is 0.0481 e. The molecule has 2 nitrogen and oxygen atoms in total. The molecule has 4 rings (SSSR count). The number of rotatable bonds is 6. The van der Waals surface area contributed by atoms with Gasteiger partial charge < -0.3 is 4.57 Å². The Hall–Kier alpha value is -1.23. The third-order valence-corrected chi connectivity index (χ3v) is 6.88. The Morgan fingerprint density at radius 2 is 1.81 bits per heavy atom. The molecular weight excluding hydrogens is 404 g/mol. The molecule has 0 unspecified atom stereocenters. The van der Waals surface area contributed by atoms with Crippen molar-refractivity contribution in [3.63, 3.8) is 0 Å². The molecule has 0 spiro atoms. The highest BCUT2D eigenvalue weighted by atomic mass is 79.9. The molecule has 2 aromatic carbocycles. The van der Waals surface area contributed by atoms with Crippen LogP contribution in [0.1, 0.15) is 18.4 Å². The fraction of sp³-hybridized carbons (Fsp3) is 0.364. The van der Waals surface area contributed by atoms with Gasteiger partial charge >= 0.3 is 0 Å². The largest absolute Gasteiger partial charge is 0.347 e. The maximum Gasteiger partial charge on any atom is 0.0481 e. The maximum atomic E-state index is 3.57. The zero-order chi connectivity index (χ0) is 17.8. The fourth-order valence-electron chi connectivity index (χ4n) is 3.77. The Morgan fingerprint density at radius 1 is 1.00 bits per heavy atom. The van der Waals surface area contributed by atoms with Crippen molar-refractivity contribution in [1.82, 2.24) is 8.87 Å². The number of aromatic nitrogens is 1. The summed E-state index contributed by atoms with van der Waals surface area (Å²) in [7, 11) is 0. The van der Waals surface area contributed by atoms with Gasteiger partial charge in [0.15, 0.2) is 0 Å². The van der Waals surface area contributed by atoms with Crippen LogP contribution in [0, 0.1) is 5.92 Å². The normalized spacial score (nSPS) is 16.3. The molecule has 0 amide bonds. The van der Waals surface area contributed by atoms with E-state index in [4.69, 9.17) is 0 Å². The molecule has 3 aromatic rings. The molecule has 1 fully saturated rings. The lowest BCUT2D eigenvalue weighted by atomic mass is 9.98. The Morgan fingerprint density at radius 3 is 2.62 bits per heavy atom. The number of hydrogen-bond acceptors (Lipinski definition) is 2. The molecule has 1 saturated heterocycles. The van der Waals surface area contributed by atoms with E-state index in [2.05, 4.69) is 85.6 Å². The van der Waals surface area contributed by atoms with E-state index in [0.29, 0.717) is 0 Å². The molecule has 1 aromatic heterocycles. The number of aryl methyl sites for hydroxylation is 1. The molecule has 0 radical (unpaired) electrons. The fourth-order valence-corrected chi connectivity index (χ4v) is 5.20. The van der Waals surface area contributed by atoms with E-state index in [-0.39, 0.29) is 0 Å². The summed E-state index contributed by atoms with van der Waals surface area (Å²) in [5.74, 6) is 1.98. The summed E-state index contributed by atoms with van der Waals surface area (Å²) in [5, 5.41) is 1.33. The van der Waals surface area contributed by atoms with Crippen molar-refractivity contribution in [2.45, 2.75) is 25.8 Å². The van der Waals surface area contributed by atoms with Gasteiger partial charge in [-0.15, -0.1) is 0 Å². The first-order chi connectivity index (χ1) is 12.8. The van der Waals surface area contributed by atoms with Gasteiger partial charge in [0.2, 0.25) is 0 Å². The van der Waals surface area contributed by atoms with Crippen molar-refractivity contribution in [2.24, 2.45) is 5.92 Å². The Labute approximate surface area is 168 Å². The molecule has 0 bridgehead atoms. The number of fused-ring (bicyclic) bond motifs is 1. The van der Waals surface area contributed by atoms with Gasteiger partial charge in [0.1, 0.15) is 0 Å². The van der Waals surface area contributed by atoms with E-state index in [1.54, 1.807) is 0 Å². The number of piperidine rings is 1. The van der Waals surface area contributed by atoms with E-state index in [1.807, 2.05) is 11.9 Å². The molecule has 0 N–H and O–H groups in total. The topological polar surface area (TPSA) is 8.17 Å². The third-order valence-electron chi connectivity index (χ3n) is 5.27. The van der Waals surface area contributed by atoms with Crippen molar-refractivity contribution < 1.29 is 0 Å². The highest BCUT2D eigenvalue weighted by Gasteiger charge is 2.20. The van der Waals surface area contributed by atoms with E-state index in [1.165, 1.54) is 48.2 Å². The van der Waals surface area contributed by atoms with Crippen molar-refractivity contribution in [3.8, 4) is 0 Å². The Kier molecular flexibility index (Phi) is 6.03. The second-order valence-electron chi connectivity index (χ2n) is 7.11. The van der Waals surface area contributed by atoms with Gasteiger partial charge in [-0.1, -0.05) is 58.2 Å². The van der Waals surface area contributed by atoms with Crippen molar-refractivity contribution in [3.05, 3.63) is 70.8 Å². The summed E-state index contributed by atoms with van der Waals surface area (Å²) in [4.78, 5) is 0. The van der Waals surface area contributed by atoms with Gasteiger partial charge in [-0.25, -0.2) is 0 Å². The van der Waals surface area contributed by atoms with E-state index < -0.39 is 0 Å². The Bertz CT molecular complexity index is 838. The lowest BCUT2D eigenvalue weighted by Crippen LogP contribution is -2.30. The van der Waals surface area contributed by atoms with Crippen LogP contribution in [0.2, 0.25) is 0 Å². The van der Waals surface area contributed by atoms with E-state index in [0.717, 1.165) is 23.4 Å². The molecule has 26 heavy (non-hydrogen) atoms. The number of benzene rings is 2. The summed E-state index contributed by atoms with van der Waals surface area (Å²) in [6.07, 6.45) is 6.01. The van der Waals surface area contributed by atoms with Crippen LogP contribution >= 0.6 is 27.9 Å². The van der Waals surface area contributed by atoms with Gasteiger partial charge in [-0.3, -0.25) is 4.31 Å². The van der Waals surface area contributed by atoms with E-state index in [9.17, 15) is 0 Å². The molecule has 4 heteroatoms. The quantitative estimate of drug-likeness (QED) is 0.444. The van der Waals surface area contributed by atoms with Gasteiger partial charge in [0.05, 0.1) is 0 Å². The van der Waals surface area contributed by atoms with Gasteiger partial charge in [0, 0.05) is 47.0 Å². The van der Waals surface area contributed by atoms with Crippen LogP contribution in [0.5, 0.6) is 0 Å². The SMILES string of the molecule is Brc1ccc2c(ccn2CC2CCN(SCCc3ccccc3)CC2)c1. The molecule has 0 aliphatic carbocycles. The molecular formula is C22H25BrN2S. The monoisotopic (exact) mass is 428 g/mol. The van der Waals surface area contributed by atoms with Crippen molar-refractivity contribution in [1.29, 1.82) is 0 Å². The van der Waals surface area contributed by atoms with E-state index >= 15 is 0 Å². The van der Waals surface area contributed by atoms with Crippen molar-refractivity contribution in [2.75, 3.05) is 18.8 Å². The van der Waals surface area contributed by atoms with Crippen LogP contribution < -0.4 is 0 Å². The first-order valence-electron chi connectivity index (χ1n) is 9.44. The molecule has 136 valence electrons. The average molecular weight is 429 g/mol. The number of nitrogens with zero attached hydrogens (tertiary/aromatic N) is 2. The summed E-state index contributed by atoms with van der Waals surface area (Å²) in [6.45, 7) is 3.58. The highest BCUT2D eigenvalue weighted by molar-refractivity contribution is 9.10. The zero-order valence-electron chi connectivity index (χ0n) is 15.0. The minimum absolute atomic E-state index is 0.792. The molecule has 0 saturated carbocycles. The van der Waals surface area contributed by atoms with Gasteiger partial charge in [0.25, 0.3) is 0 Å². The predicted molar refractivity (Wildman–Crippen MR) is 117 cm³/mol. The van der Waals surface area contributed by atoms with Crippen molar-refractivity contribution >= 4 is 38.8 Å². The van der Waals surface area contributed by atoms with Crippen LogP contribution in [-0.2, 0) is 13.0 Å². The predicted octanol–water partition coefficient (Wildman–Crippen LogP) is 6.01. The minimum atomic E-state index is 0.792. The maximum absolute atomic E-state index is 3.57. The summed E-state index contributed by atoms with van der Waals surface area (Å²) >= 11 is 5.59. The summed E-state index contributed by atoms with van der Waals surface area (Å²) in [5.41, 5.74) is 2.80. The number of hydrogen-bond donors (Lipinski definition) is 0. The number of halogens is 1. The van der Waals surface area contributed by atoms with Crippen LogP contribution in [0.15, 0.2) is 65.3 Å². The van der Waals surface area contributed by atoms with Crippen LogP contribution in [0.25, 0.3) is 10.9 Å². The standard InChI is InChI=1S/C22H25BrN2S/c23-21-6-7-22-20(16-21)10-12-24(22)17-19-8-13-25(14-9-19)26-15-11-18-4-2-1-3-5-18/h1-7,10,12,16,19H,8-9,11,13-15,17H2. The summed E-state index contributed by atoms with van der Waals surface area (Å²) in [6, 6.07) is 19.6. The minimum Gasteiger partial charge on any atom is -0.347 e. The highest BCUT2D eigenvalue weighted by Crippen LogP contribution is 2.27. The summed E-state index contributed by atoms with van der Waals surface area (Å²) < 4.78 is 6.16. The molecule has 0 atom stereocenters. The second kappa shape index (κ2) is 8.64. The first-order valence-corrected chi connectivity index (χ1v) is 11.2. The lowest BCUT2D eigenvalue weighted by Gasteiger charge is -2.31. The average Bonchev–Trinajstić information content (AvgIpc) is 3.06. The molecule has 2 heterocycles. The van der Waals surface area contributed by atoms with Crippen LogP contribution in [0.4, 0.5) is 0 Å². The second-order valence-corrected chi connectivity index (χ2v) is 9.21. The van der Waals surface area contributed by atoms with Crippen LogP contribution in [0.3, 0.4) is 0 Å². The van der Waals surface area contributed by atoms with Crippen LogP contribution in [-0.4, -0.2) is 27.7 Å². The molecule has 1 aliphatic heterocycles. The lowest BCUT2D eigenvalue weighted by molar-refractivity contribution is 0.269. The first kappa shape index (κ1) is 18.1. The zero-order valence-corrected chi connectivity index (χ0v) is 17.4. The Balaban J connectivity index is 1.24. The molecule has 1 aliphatic rings. The van der Waals surface area contributed by atoms with Gasteiger partial charge in [-0.05, 0) is 55.0 Å². The van der Waals surface area contributed by atoms with Gasteiger partial charge in [-0.2, -0.15) is 0 Å². The third kappa shape index (κ3) is 4.54.